The van der Waals surface area contributed by atoms with Gasteiger partial charge in [-0.15, -0.1) is 6.58 Å². The summed E-state index contributed by atoms with van der Waals surface area (Å²) in [6.07, 6.45) is 3.67. The monoisotopic (exact) mass is 385 g/mol. The number of hydrogen-bond acceptors (Lipinski definition) is 3. The van der Waals surface area contributed by atoms with Crippen molar-refractivity contribution < 1.29 is 9.84 Å². The lowest BCUT2D eigenvalue weighted by Gasteiger charge is -2.40. The summed E-state index contributed by atoms with van der Waals surface area (Å²) in [6, 6.07) is 14.1. The average Bonchev–Trinajstić information content (AvgIpc) is 2.72. The van der Waals surface area contributed by atoms with E-state index in [1.807, 2.05) is 30.3 Å². The number of aryl methyl sites for hydroxylation is 1. The van der Waals surface area contributed by atoms with E-state index >= 15 is 0 Å². The Morgan fingerprint density at radius 1 is 1.33 bits per heavy atom. The molecule has 144 valence electrons. The van der Waals surface area contributed by atoms with Gasteiger partial charge in [0.2, 0.25) is 0 Å². The van der Waals surface area contributed by atoms with Crippen molar-refractivity contribution in [1.29, 1.82) is 0 Å². The van der Waals surface area contributed by atoms with Gasteiger partial charge in [0, 0.05) is 23.7 Å². The van der Waals surface area contributed by atoms with Crippen molar-refractivity contribution in [3.63, 3.8) is 0 Å². The number of morpholine rings is 1. The molecule has 0 spiro atoms. The summed E-state index contributed by atoms with van der Waals surface area (Å²) < 4.78 is 5.98. The van der Waals surface area contributed by atoms with E-state index in [2.05, 4.69) is 37.0 Å². The van der Waals surface area contributed by atoms with Gasteiger partial charge in [0.15, 0.2) is 0 Å². The Balaban J connectivity index is 2.14. The summed E-state index contributed by atoms with van der Waals surface area (Å²) in [5, 5.41) is 15.8. The zero-order chi connectivity index (χ0) is 19.3. The molecule has 2 atom stereocenters. The van der Waals surface area contributed by atoms with E-state index in [9.17, 15) is 5.11 Å². The molecule has 3 nitrogen and oxygen atoms in total. The van der Waals surface area contributed by atoms with Crippen LogP contribution in [0, 0.1) is 0 Å². The third-order valence-electron chi connectivity index (χ3n) is 5.29. The molecule has 0 saturated carbocycles. The highest BCUT2D eigenvalue weighted by molar-refractivity contribution is 6.33. The normalized spacial score (nSPS) is 19.4. The van der Waals surface area contributed by atoms with Crippen LogP contribution in [-0.4, -0.2) is 30.9 Å². The summed E-state index contributed by atoms with van der Waals surface area (Å²) in [5.74, 6) is 0. The zero-order valence-electron chi connectivity index (χ0n) is 15.9. The number of halogens is 1. The number of allylic oxidation sites excluding steroid dienone is 1. The van der Waals surface area contributed by atoms with Gasteiger partial charge in [-0.3, -0.25) is 0 Å². The molecule has 27 heavy (non-hydrogen) atoms. The molecular formula is C23H28ClNO2. The Bertz CT molecular complexity index is 786. The predicted octanol–water partition coefficient (Wildman–Crippen LogP) is 4.71. The lowest BCUT2D eigenvalue weighted by Crippen LogP contribution is -2.51. The maximum atomic E-state index is 11.9. The van der Waals surface area contributed by atoms with Gasteiger partial charge in [-0.2, -0.15) is 0 Å². The Hall–Kier alpha value is -1.65. The molecule has 3 rings (SSSR count). The lowest BCUT2D eigenvalue weighted by molar-refractivity contribution is -0.128. The Kier molecular flexibility index (Phi) is 6.72. The van der Waals surface area contributed by atoms with E-state index in [-0.39, 0.29) is 6.10 Å². The molecule has 2 aromatic rings. The third kappa shape index (κ3) is 4.27. The molecule has 0 aliphatic carbocycles. The molecule has 2 aromatic carbocycles. The van der Waals surface area contributed by atoms with Crippen LogP contribution in [0.15, 0.2) is 55.1 Å². The molecule has 0 unspecified atom stereocenters. The largest absolute Gasteiger partial charge is 0.382 e. The van der Waals surface area contributed by atoms with Crippen LogP contribution < -0.4 is 5.32 Å². The summed E-state index contributed by atoms with van der Waals surface area (Å²) >= 11 is 6.65. The van der Waals surface area contributed by atoms with Crippen LogP contribution in [0.1, 0.15) is 30.9 Å². The van der Waals surface area contributed by atoms with E-state index in [0.29, 0.717) is 31.0 Å². The second kappa shape index (κ2) is 9.03. The Morgan fingerprint density at radius 3 is 2.85 bits per heavy atom. The minimum atomic E-state index is -1.15. The smallest absolute Gasteiger partial charge is 0.118 e. The first-order valence-corrected chi connectivity index (χ1v) is 10.0. The van der Waals surface area contributed by atoms with E-state index in [4.69, 9.17) is 16.3 Å². The molecule has 1 aliphatic heterocycles. The van der Waals surface area contributed by atoms with Crippen LogP contribution in [0.4, 0.5) is 0 Å². The van der Waals surface area contributed by atoms with Gasteiger partial charge >= 0.3 is 0 Å². The molecule has 0 radical (unpaired) electrons. The third-order valence-corrected chi connectivity index (χ3v) is 5.61. The van der Waals surface area contributed by atoms with Gasteiger partial charge in [-0.05, 0) is 42.0 Å². The Morgan fingerprint density at radius 2 is 2.15 bits per heavy atom. The van der Waals surface area contributed by atoms with Gasteiger partial charge in [-0.25, -0.2) is 0 Å². The number of hydrogen-bond donors (Lipinski definition) is 2. The number of ether oxygens (including phenoxy) is 1. The molecule has 0 amide bonds. The first-order valence-electron chi connectivity index (χ1n) is 9.64. The van der Waals surface area contributed by atoms with Crippen molar-refractivity contribution in [2.75, 3.05) is 19.7 Å². The summed E-state index contributed by atoms with van der Waals surface area (Å²) in [4.78, 5) is 0. The molecule has 1 fully saturated rings. The van der Waals surface area contributed by atoms with E-state index in [0.717, 1.165) is 29.7 Å². The average molecular weight is 386 g/mol. The minimum Gasteiger partial charge on any atom is -0.382 e. The van der Waals surface area contributed by atoms with E-state index in [1.165, 1.54) is 5.56 Å². The fraction of sp³-hybridized carbons (Fsp3) is 0.391. The number of aliphatic hydroxyl groups is 1. The van der Waals surface area contributed by atoms with Crippen LogP contribution in [0.5, 0.6) is 0 Å². The molecule has 2 N–H and O–H groups in total. The van der Waals surface area contributed by atoms with Crippen molar-refractivity contribution in [3.8, 4) is 11.1 Å². The second-order valence-electron chi connectivity index (χ2n) is 7.03. The fourth-order valence-corrected chi connectivity index (χ4v) is 4.07. The number of rotatable bonds is 7. The zero-order valence-corrected chi connectivity index (χ0v) is 16.6. The van der Waals surface area contributed by atoms with Gasteiger partial charge < -0.3 is 15.2 Å². The topological polar surface area (TPSA) is 41.5 Å². The Labute approximate surface area is 167 Å². The van der Waals surface area contributed by atoms with Crippen molar-refractivity contribution in [3.05, 3.63) is 71.3 Å². The van der Waals surface area contributed by atoms with Crippen LogP contribution in [0.3, 0.4) is 0 Å². The molecule has 4 heteroatoms. The highest BCUT2D eigenvalue weighted by atomic mass is 35.5. The van der Waals surface area contributed by atoms with Crippen LogP contribution in [0.2, 0.25) is 5.02 Å². The van der Waals surface area contributed by atoms with Gasteiger partial charge in [0.05, 0.1) is 6.61 Å². The molecule has 1 saturated heterocycles. The van der Waals surface area contributed by atoms with Crippen LogP contribution >= 0.6 is 11.6 Å². The number of nitrogens with one attached hydrogen (secondary N) is 1. The molecule has 0 aromatic heterocycles. The van der Waals surface area contributed by atoms with Crippen molar-refractivity contribution in [2.45, 2.75) is 37.9 Å². The highest BCUT2D eigenvalue weighted by Crippen LogP contribution is 2.42. The van der Waals surface area contributed by atoms with Crippen LogP contribution in [-0.2, 0) is 16.8 Å². The molecular weight excluding hydrogens is 358 g/mol. The molecule has 0 bridgehead atoms. The predicted molar refractivity (Wildman–Crippen MR) is 112 cm³/mol. The maximum absolute atomic E-state index is 11.9. The summed E-state index contributed by atoms with van der Waals surface area (Å²) in [6.45, 7) is 7.96. The van der Waals surface area contributed by atoms with Gasteiger partial charge in [0.25, 0.3) is 0 Å². The minimum absolute atomic E-state index is 0.335. The molecule has 1 aliphatic rings. The lowest BCUT2D eigenvalue weighted by atomic mass is 9.79. The highest BCUT2D eigenvalue weighted by Gasteiger charge is 2.41. The summed E-state index contributed by atoms with van der Waals surface area (Å²) in [7, 11) is 0. The SMILES string of the molecule is C=CCC[C@@](O)(c1cccc(Cl)c1-c1cccc(CC)c1)[C@H]1CNCCO1. The van der Waals surface area contributed by atoms with E-state index in [1.54, 1.807) is 0 Å². The first-order chi connectivity index (χ1) is 13.1. The maximum Gasteiger partial charge on any atom is 0.118 e. The van der Waals surface area contributed by atoms with Crippen molar-refractivity contribution in [1.82, 2.24) is 5.32 Å². The standard InChI is InChI=1S/C23H28ClNO2/c1-3-5-12-23(26,21-16-25-13-14-27-21)19-10-7-11-20(24)22(19)18-9-6-8-17(4-2)15-18/h3,6-11,15,21,25-26H,1,4-5,12-14,16H2,2H3/t21-,23-/m1/s1. The van der Waals surface area contributed by atoms with Crippen LogP contribution in [0.25, 0.3) is 11.1 Å². The first kappa shape index (κ1) is 20.1. The van der Waals surface area contributed by atoms with Gasteiger partial charge in [0.1, 0.15) is 11.7 Å². The van der Waals surface area contributed by atoms with Crippen molar-refractivity contribution in [2.24, 2.45) is 0 Å². The number of benzene rings is 2. The summed E-state index contributed by atoms with van der Waals surface area (Å²) in [5.41, 5.74) is 2.82. The van der Waals surface area contributed by atoms with Crippen molar-refractivity contribution >= 4 is 11.6 Å². The quantitative estimate of drug-likeness (QED) is 0.678. The fourth-order valence-electron chi connectivity index (χ4n) is 3.79. The second-order valence-corrected chi connectivity index (χ2v) is 7.44. The van der Waals surface area contributed by atoms with E-state index < -0.39 is 5.60 Å². The molecule has 1 heterocycles. The van der Waals surface area contributed by atoms with Gasteiger partial charge in [-0.1, -0.05) is 61.0 Å².